The van der Waals surface area contributed by atoms with Crippen LogP contribution in [0.2, 0.25) is 0 Å². The van der Waals surface area contributed by atoms with Crippen molar-refractivity contribution in [3.63, 3.8) is 0 Å². The van der Waals surface area contributed by atoms with E-state index in [1.807, 2.05) is 12.4 Å². The summed E-state index contributed by atoms with van der Waals surface area (Å²) in [6.45, 7) is 6.66. The number of morpholine rings is 1. The quantitative estimate of drug-likeness (QED) is 0.503. The minimum atomic E-state index is -0.163. The van der Waals surface area contributed by atoms with Gasteiger partial charge in [0, 0.05) is 54.7 Å². The van der Waals surface area contributed by atoms with Gasteiger partial charge in [-0.3, -0.25) is 9.88 Å². The Balaban J connectivity index is 1.44. The van der Waals surface area contributed by atoms with E-state index < -0.39 is 0 Å². The number of aromatic amines is 1. The van der Waals surface area contributed by atoms with Gasteiger partial charge in [-0.25, -0.2) is 4.98 Å². The molecule has 3 N–H and O–H groups in total. The topological polar surface area (TPSA) is 86.3 Å². The first-order valence-corrected chi connectivity index (χ1v) is 12.4. The number of ether oxygens (including phenoxy) is 1. The Bertz CT molecular complexity index is 1050. The maximum Gasteiger partial charge on any atom is 0.139 e. The van der Waals surface area contributed by atoms with Gasteiger partial charge in [0.2, 0.25) is 0 Å². The Morgan fingerprint density at radius 2 is 1.94 bits per heavy atom. The second kappa shape index (κ2) is 10.2. The van der Waals surface area contributed by atoms with Crippen molar-refractivity contribution in [3.05, 3.63) is 41.9 Å². The average molecular weight is 450 g/mol. The normalized spacial score (nSPS) is 22.0. The van der Waals surface area contributed by atoms with Crippen molar-refractivity contribution in [2.75, 3.05) is 31.6 Å². The molecule has 3 aromatic heterocycles. The molecule has 33 heavy (non-hydrogen) atoms. The van der Waals surface area contributed by atoms with Gasteiger partial charge < -0.3 is 20.1 Å². The van der Waals surface area contributed by atoms with Crippen molar-refractivity contribution in [2.45, 2.75) is 64.1 Å². The fraction of sp³-hybridized carbons (Fsp3) is 0.538. The zero-order chi connectivity index (χ0) is 22.6. The lowest BCUT2D eigenvalue weighted by Crippen LogP contribution is -2.35. The van der Waals surface area contributed by atoms with E-state index in [4.69, 9.17) is 14.7 Å². The molecule has 5 rings (SSSR count). The summed E-state index contributed by atoms with van der Waals surface area (Å²) in [5.74, 6) is 0. The zero-order valence-electron chi connectivity index (χ0n) is 19.5. The van der Waals surface area contributed by atoms with Crippen LogP contribution in [0.25, 0.3) is 22.3 Å². The summed E-state index contributed by atoms with van der Waals surface area (Å²) in [6.07, 6.45) is 9.53. The smallest absolute Gasteiger partial charge is 0.139 e. The van der Waals surface area contributed by atoms with E-state index in [9.17, 15) is 5.11 Å². The molecular weight excluding hydrogens is 414 g/mol. The third-order valence-corrected chi connectivity index (χ3v) is 6.89. The monoisotopic (exact) mass is 449 g/mol. The number of nitrogens with zero attached hydrogens (tertiary/aromatic N) is 3. The van der Waals surface area contributed by atoms with Gasteiger partial charge >= 0.3 is 0 Å². The summed E-state index contributed by atoms with van der Waals surface area (Å²) >= 11 is 0. The highest BCUT2D eigenvalue weighted by Crippen LogP contribution is 2.35. The van der Waals surface area contributed by atoms with Gasteiger partial charge in [0.15, 0.2) is 0 Å². The maximum atomic E-state index is 9.94. The van der Waals surface area contributed by atoms with Crippen LogP contribution in [0.1, 0.15) is 50.3 Å². The average Bonchev–Trinajstić information content (AvgIpc) is 3.25. The first-order chi connectivity index (χ1) is 16.2. The van der Waals surface area contributed by atoms with Crippen LogP contribution in [-0.2, 0) is 17.7 Å². The van der Waals surface area contributed by atoms with E-state index in [-0.39, 0.29) is 6.10 Å². The van der Waals surface area contributed by atoms with Gasteiger partial charge in [-0.15, -0.1) is 0 Å². The predicted octanol–water partition coefficient (Wildman–Crippen LogP) is 4.13. The van der Waals surface area contributed by atoms with Crippen LogP contribution in [0, 0.1) is 0 Å². The van der Waals surface area contributed by atoms with Crippen LogP contribution in [-0.4, -0.2) is 63.4 Å². The van der Waals surface area contributed by atoms with Crippen LogP contribution >= 0.6 is 0 Å². The molecule has 2 fully saturated rings. The molecule has 4 heterocycles. The summed E-state index contributed by atoms with van der Waals surface area (Å²) in [4.78, 5) is 15.5. The highest BCUT2D eigenvalue weighted by atomic mass is 16.5. The van der Waals surface area contributed by atoms with E-state index in [1.165, 1.54) is 11.3 Å². The molecule has 0 radical (unpaired) electrons. The van der Waals surface area contributed by atoms with Crippen LogP contribution in [0.4, 0.5) is 5.69 Å². The van der Waals surface area contributed by atoms with E-state index in [0.29, 0.717) is 6.04 Å². The van der Waals surface area contributed by atoms with Crippen molar-refractivity contribution in [1.29, 1.82) is 0 Å². The van der Waals surface area contributed by atoms with Crippen molar-refractivity contribution >= 4 is 16.7 Å². The Hall–Kier alpha value is -2.48. The third kappa shape index (κ3) is 5.21. The van der Waals surface area contributed by atoms with E-state index in [0.717, 1.165) is 99.4 Å². The minimum absolute atomic E-state index is 0.163. The number of nitrogens with one attached hydrogen (secondary N) is 2. The molecule has 0 atom stereocenters. The molecule has 2 aliphatic rings. The van der Waals surface area contributed by atoms with E-state index in [1.54, 1.807) is 0 Å². The lowest BCUT2D eigenvalue weighted by Gasteiger charge is -2.28. The Morgan fingerprint density at radius 3 is 2.67 bits per heavy atom. The number of anilines is 1. The van der Waals surface area contributed by atoms with Gasteiger partial charge in [-0.1, -0.05) is 19.4 Å². The number of fused-ring (bicyclic) bond motifs is 1. The molecule has 0 spiro atoms. The minimum Gasteiger partial charge on any atom is -0.393 e. The van der Waals surface area contributed by atoms with Crippen molar-refractivity contribution in [2.24, 2.45) is 0 Å². The van der Waals surface area contributed by atoms with Crippen LogP contribution in [0.3, 0.4) is 0 Å². The number of aromatic nitrogens is 3. The molecule has 0 amide bonds. The van der Waals surface area contributed by atoms with Gasteiger partial charge in [0.1, 0.15) is 5.65 Å². The Labute approximate surface area is 195 Å². The fourth-order valence-corrected chi connectivity index (χ4v) is 5.00. The second-order valence-electron chi connectivity index (χ2n) is 9.44. The molecule has 3 aromatic rings. The zero-order valence-corrected chi connectivity index (χ0v) is 19.5. The lowest BCUT2D eigenvalue weighted by molar-refractivity contribution is 0.0341. The summed E-state index contributed by atoms with van der Waals surface area (Å²) in [5.41, 5.74) is 6.43. The molecule has 7 heteroatoms. The molecular formula is C26H35N5O2. The molecule has 7 nitrogen and oxygen atoms in total. The van der Waals surface area contributed by atoms with Crippen LogP contribution < -0.4 is 5.32 Å². The highest BCUT2D eigenvalue weighted by molar-refractivity contribution is 5.98. The number of pyridine rings is 2. The first kappa shape index (κ1) is 22.3. The summed E-state index contributed by atoms with van der Waals surface area (Å²) in [7, 11) is 0. The number of hydrogen-bond donors (Lipinski definition) is 3. The van der Waals surface area contributed by atoms with Gasteiger partial charge in [0.25, 0.3) is 0 Å². The van der Waals surface area contributed by atoms with Crippen LogP contribution in [0.15, 0.2) is 30.6 Å². The standard InChI is InChI=1S/C26H35N5O2/c1-2-3-20-14-22-25(29-19-5-7-21(32)8-6-19)23(16-28-26(22)30-20)24-9-4-18(15-27-24)17-31-10-12-33-13-11-31/h4,9,14-16,19,21,32H,2-3,5-8,10-13,17H2,1H3,(H2,28,29,30)/t19-,21-. The first-order valence-electron chi connectivity index (χ1n) is 12.4. The Kier molecular flexibility index (Phi) is 6.90. The molecule has 1 saturated heterocycles. The lowest BCUT2D eigenvalue weighted by atomic mass is 9.92. The molecule has 1 aliphatic carbocycles. The second-order valence-corrected chi connectivity index (χ2v) is 9.44. The van der Waals surface area contributed by atoms with Crippen molar-refractivity contribution in [1.82, 2.24) is 19.9 Å². The van der Waals surface area contributed by atoms with E-state index in [2.05, 4.69) is 40.3 Å². The summed E-state index contributed by atoms with van der Waals surface area (Å²) in [6, 6.07) is 6.89. The molecule has 0 bridgehead atoms. The van der Waals surface area contributed by atoms with Crippen molar-refractivity contribution < 1.29 is 9.84 Å². The summed E-state index contributed by atoms with van der Waals surface area (Å²) in [5, 5.41) is 14.9. The molecule has 0 aromatic carbocycles. The molecule has 176 valence electrons. The SMILES string of the molecule is CCCc1cc2c(N[C@H]3CC[C@H](O)CC3)c(-c3ccc(CN4CCOCC4)cn3)cnc2[nH]1. The summed E-state index contributed by atoms with van der Waals surface area (Å²) < 4.78 is 5.46. The number of aliphatic hydroxyl groups is 1. The van der Waals surface area contributed by atoms with Gasteiger partial charge in [-0.2, -0.15) is 0 Å². The maximum absolute atomic E-state index is 9.94. The van der Waals surface area contributed by atoms with Crippen molar-refractivity contribution in [3.8, 4) is 11.3 Å². The molecule has 1 aliphatic heterocycles. The van der Waals surface area contributed by atoms with Crippen LogP contribution in [0.5, 0.6) is 0 Å². The molecule has 1 saturated carbocycles. The predicted molar refractivity (Wildman–Crippen MR) is 131 cm³/mol. The number of aryl methyl sites for hydroxylation is 1. The van der Waals surface area contributed by atoms with Gasteiger partial charge in [0.05, 0.1) is 30.7 Å². The molecule has 0 unspecified atom stereocenters. The third-order valence-electron chi connectivity index (χ3n) is 6.89. The number of aliphatic hydroxyl groups excluding tert-OH is 1. The fourth-order valence-electron chi connectivity index (χ4n) is 5.00. The highest BCUT2D eigenvalue weighted by Gasteiger charge is 2.22. The number of H-pyrrole nitrogens is 1. The van der Waals surface area contributed by atoms with Gasteiger partial charge in [-0.05, 0) is 49.8 Å². The Morgan fingerprint density at radius 1 is 1.12 bits per heavy atom. The van der Waals surface area contributed by atoms with E-state index >= 15 is 0 Å². The number of rotatable bonds is 7. The largest absolute Gasteiger partial charge is 0.393 e. The number of hydrogen-bond acceptors (Lipinski definition) is 6.